The zero-order chi connectivity index (χ0) is 20.8. The van der Waals surface area contributed by atoms with Crippen LogP contribution in [-0.4, -0.2) is 23.0 Å². The van der Waals surface area contributed by atoms with Crippen LogP contribution in [0.15, 0.2) is 70.4 Å². The Morgan fingerprint density at radius 2 is 1.90 bits per heavy atom. The summed E-state index contributed by atoms with van der Waals surface area (Å²) in [7, 11) is 0. The summed E-state index contributed by atoms with van der Waals surface area (Å²) in [6, 6.07) is 13.6. The van der Waals surface area contributed by atoms with Gasteiger partial charge < -0.3 is 9.15 Å². The molecule has 0 aliphatic heterocycles. The van der Waals surface area contributed by atoms with Crippen molar-refractivity contribution in [1.29, 1.82) is 0 Å². The molecule has 1 N–H and O–H groups in total. The third kappa shape index (κ3) is 4.72. The molecule has 0 saturated heterocycles. The summed E-state index contributed by atoms with van der Waals surface area (Å²) in [5.74, 6) is -1.59. The molecule has 29 heavy (non-hydrogen) atoms. The lowest BCUT2D eigenvalue weighted by atomic mass is 10.1. The molecule has 0 aliphatic carbocycles. The molecule has 9 nitrogen and oxygen atoms in total. The largest absolute Gasteiger partial charge is 0.459 e. The summed E-state index contributed by atoms with van der Waals surface area (Å²) in [6.07, 6.45) is 2.48. The van der Waals surface area contributed by atoms with Gasteiger partial charge in [-0.1, -0.05) is 23.8 Å². The van der Waals surface area contributed by atoms with E-state index in [1.54, 1.807) is 30.3 Å². The molecular formula is C20H15N3O6. The van der Waals surface area contributed by atoms with Crippen molar-refractivity contribution in [3.63, 3.8) is 0 Å². The first-order valence-corrected chi connectivity index (χ1v) is 8.39. The van der Waals surface area contributed by atoms with Crippen LogP contribution in [0.3, 0.4) is 0 Å². The number of nitrogens with zero attached hydrogens (tertiary/aromatic N) is 2. The summed E-state index contributed by atoms with van der Waals surface area (Å²) in [5.41, 5.74) is 3.14. The molecular weight excluding hydrogens is 378 g/mol. The van der Waals surface area contributed by atoms with Crippen LogP contribution in [0, 0.1) is 17.0 Å². The Morgan fingerprint density at radius 1 is 1.14 bits per heavy atom. The molecule has 0 fully saturated rings. The van der Waals surface area contributed by atoms with Crippen LogP contribution in [0.4, 0.5) is 5.69 Å². The predicted molar refractivity (Wildman–Crippen MR) is 103 cm³/mol. The van der Waals surface area contributed by atoms with Crippen molar-refractivity contribution in [2.75, 3.05) is 0 Å². The number of benzene rings is 2. The summed E-state index contributed by atoms with van der Waals surface area (Å²) in [4.78, 5) is 34.9. The van der Waals surface area contributed by atoms with Crippen LogP contribution in [0.1, 0.15) is 32.0 Å². The van der Waals surface area contributed by atoms with Crippen LogP contribution in [-0.2, 0) is 0 Å². The number of amides is 1. The number of nitro benzene ring substituents is 1. The van der Waals surface area contributed by atoms with E-state index < -0.39 is 22.5 Å². The number of hydrogen-bond donors (Lipinski definition) is 1. The van der Waals surface area contributed by atoms with Crippen LogP contribution in [0.5, 0.6) is 5.75 Å². The minimum Gasteiger partial charge on any atom is -0.459 e. The van der Waals surface area contributed by atoms with E-state index in [1.807, 2.05) is 6.92 Å². The second-order valence-corrected chi connectivity index (χ2v) is 5.88. The maximum absolute atomic E-state index is 12.4. The lowest BCUT2D eigenvalue weighted by Crippen LogP contribution is -2.17. The number of ether oxygens (including phenoxy) is 1. The fraction of sp³-hybridized carbons (Fsp3) is 0.0500. The molecule has 146 valence electrons. The fourth-order valence-electron chi connectivity index (χ4n) is 2.36. The minimum atomic E-state index is -0.756. The Balaban J connectivity index is 1.85. The van der Waals surface area contributed by atoms with E-state index in [-0.39, 0.29) is 22.6 Å². The minimum absolute atomic E-state index is 0.0483. The number of rotatable bonds is 6. The molecule has 9 heteroatoms. The third-order valence-electron chi connectivity index (χ3n) is 3.82. The number of carbonyl (C=O) groups is 2. The highest BCUT2D eigenvalue weighted by molar-refractivity contribution is 5.95. The number of hydrazone groups is 1. The molecule has 3 rings (SSSR count). The van der Waals surface area contributed by atoms with Crippen molar-refractivity contribution in [2.45, 2.75) is 6.92 Å². The lowest BCUT2D eigenvalue weighted by Gasteiger charge is -2.08. The van der Waals surface area contributed by atoms with Crippen LogP contribution < -0.4 is 10.2 Å². The normalized spacial score (nSPS) is 10.7. The molecule has 2 aromatic carbocycles. The number of nitro groups is 1. The van der Waals surface area contributed by atoms with Gasteiger partial charge in [0.2, 0.25) is 5.75 Å². The number of furan rings is 1. The number of esters is 1. The van der Waals surface area contributed by atoms with Gasteiger partial charge in [0, 0.05) is 11.6 Å². The first kappa shape index (κ1) is 19.5. The highest BCUT2D eigenvalue weighted by Crippen LogP contribution is 2.30. The van der Waals surface area contributed by atoms with Gasteiger partial charge in [-0.05, 0) is 37.3 Å². The molecule has 0 radical (unpaired) electrons. The third-order valence-corrected chi connectivity index (χ3v) is 3.82. The van der Waals surface area contributed by atoms with E-state index in [0.717, 1.165) is 11.8 Å². The first-order valence-electron chi connectivity index (χ1n) is 8.39. The highest BCUT2D eigenvalue weighted by atomic mass is 16.6. The van der Waals surface area contributed by atoms with Gasteiger partial charge in [-0.2, -0.15) is 5.10 Å². The van der Waals surface area contributed by atoms with Gasteiger partial charge >= 0.3 is 17.6 Å². The second kappa shape index (κ2) is 8.61. The zero-order valence-corrected chi connectivity index (χ0v) is 15.2. The number of aryl methyl sites for hydroxylation is 1. The average Bonchev–Trinajstić information content (AvgIpc) is 3.24. The molecule has 0 saturated carbocycles. The molecule has 0 atom stereocenters. The van der Waals surface area contributed by atoms with Gasteiger partial charge in [0.1, 0.15) is 0 Å². The standard InChI is InChI=1S/C20H15N3O6/c1-13-7-9-14(10-8-13)20(25)29-18-15(4-2-5-16(18)23(26)27)12-21-22-19(24)17-6-3-11-28-17/h2-12H,1H3,(H,22,24)/b21-12+. The lowest BCUT2D eigenvalue weighted by molar-refractivity contribution is -0.385. The van der Waals surface area contributed by atoms with E-state index in [4.69, 9.17) is 9.15 Å². The smallest absolute Gasteiger partial charge is 0.343 e. The van der Waals surface area contributed by atoms with E-state index in [1.165, 1.54) is 30.5 Å². The fourth-order valence-corrected chi connectivity index (χ4v) is 2.36. The Kier molecular flexibility index (Phi) is 5.79. The van der Waals surface area contributed by atoms with Gasteiger partial charge in [-0.3, -0.25) is 14.9 Å². The molecule has 3 aromatic rings. The number of hydrogen-bond acceptors (Lipinski definition) is 7. The quantitative estimate of drug-likeness (QED) is 0.225. The van der Waals surface area contributed by atoms with Gasteiger partial charge in [0.15, 0.2) is 5.76 Å². The molecule has 0 aliphatic rings. The van der Waals surface area contributed by atoms with Crippen molar-refractivity contribution in [1.82, 2.24) is 5.43 Å². The molecule has 0 bridgehead atoms. The van der Waals surface area contributed by atoms with Gasteiger partial charge in [0.05, 0.1) is 23.0 Å². The van der Waals surface area contributed by atoms with E-state index in [2.05, 4.69) is 10.5 Å². The highest BCUT2D eigenvalue weighted by Gasteiger charge is 2.22. The molecule has 0 unspecified atom stereocenters. The van der Waals surface area contributed by atoms with Gasteiger partial charge in [0.25, 0.3) is 0 Å². The molecule has 1 amide bonds. The Morgan fingerprint density at radius 3 is 2.55 bits per heavy atom. The van der Waals surface area contributed by atoms with Crippen molar-refractivity contribution >= 4 is 23.8 Å². The van der Waals surface area contributed by atoms with Crippen molar-refractivity contribution in [3.8, 4) is 5.75 Å². The van der Waals surface area contributed by atoms with Gasteiger partial charge in [-0.15, -0.1) is 0 Å². The van der Waals surface area contributed by atoms with Crippen molar-refractivity contribution < 1.29 is 23.7 Å². The average molecular weight is 393 g/mol. The number of para-hydroxylation sites is 1. The van der Waals surface area contributed by atoms with Crippen LogP contribution >= 0.6 is 0 Å². The number of nitrogens with one attached hydrogen (secondary N) is 1. The van der Waals surface area contributed by atoms with Crippen LogP contribution in [0.2, 0.25) is 0 Å². The van der Waals surface area contributed by atoms with Gasteiger partial charge in [-0.25, -0.2) is 10.2 Å². The topological polar surface area (TPSA) is 124 Å². The summed E-state index contributed by atoms with van der Waals surface area (Å²) in [6.45, 7) is 1.86. The Labute approximate surface area is 164 Å². The van der Waals surface area contributed by atoms with Crippen LogP contribution in [0.25, 0.3) is 0 Å². The molecule has 0 spiro atoms. The summed E-state index contributed by atoms with van der Waals surface area (Å²) in [5, 5.41) is 15.1. The van der Waals surface area contributed by atoms with E-state index in [0.29, 0.717) is 0 Å². The number of carbonyl (C=O) groups excluding carboxylic acids is 2. The first-order chi connectivity index (χ1) is 14.0. The monoisotopic (exact) mass is 393 g/mol. The maximum atomic E-state index is 12.4. The molecule has 1 heterocycles. The maximum Gasteiger partial charge on any atom is 0.343 e. The zero-order valence-electron chi connectivity index (χ0n) is 15.2. The van der Waals surface area contributed by atoms with E-state index >= 15 is 0 Å². The van der Waals surface area contributed by atoms with Crippen molar-refractivity contribution in [2.24, 2.45) is 5.10 Å². The Hall–Kier alpha value is -4.27. The summed E-state index contributed by atoms with van der Waals surface area (Å²) < 4.78 is 10.2. The summed E-state index contributed by atoms with van der Waals surface area (Å²) >= 11 is 0. The second-order valence-electron chi connectivity index (χ2n) is 5.88. The molecule has 1 aromatic heterocycles. The Bertz CT molecular complexity index is 1070. The van der Waals surface area contributed by atoms with E-state index in [9.17, 15) is 19.7 Å². The van der Waals surface area contributed by atoms with Crippen molar-refractivity contribution in [3.05, 3.63) is 93.4 Å². The SMILES string of the molecule is Cc1ccc(C(=O)Oc2c(/C=N/NC(=O)c3ccco3)cccc2[N+](=O)[O-])cc1. The predicted octanol–water partition coefficient (Wildman–Crippen LogP) is 3.48.